The molecule has 8 aromatic rings. The third-order valence-corrected chi connectivity index (χ3v) is 13.6. The molecule has 0 radical (unpaired) electrons. The number of carboxylic acid groups (broad SMARTS) is 2. The maximum absolute atomic E-state index is 13.0. The molecule has 2 unspecified atom stereocenters. The van der Waals surface area contributed by atoms with Gasteiger partial charge in [-0.05, 0) is 115 Å². The van der Waals surface area contributed by atoms with Crippen molar-refractivity contribution in [3.8, 4) is 0 Å². The molecule has 19 nitrogen and oxygen atoms in total. The van der Waals surface area contributed by atoms with Crippen molar-refractivity contribution in [2.24, 2.45) is 14.1 Å². The molecule has 19 heteroatoms. The molecule has 2 aliphatic heterocycles. The number of nitrogens with one attached hydrogen (secondary N) is 1. The molecule has 0 spiro atoms. The van der Waals surface area contributed by atoms with E-state index in [0.29, 0.717) is 31.7 Å². The number of aliphatic carboxylic acids is 1. The van der Waals surface area contributed by atoms with E-state index >= 15 is 0 Å². The molecule has 4 aromatic heterocycles. The monoisotopic (exact) mass is 976 g/mol. The van der Waals surface area contributed by atoms with E-state index in [4.69, 9.17) is 9.84 Å². The second-order valence-corrected chi connectivity index (χ2v) is 18.2. The maximum Gasteiger partial charge on any atom is 0.356 e. The van der Waals surface area contributed by atoms with E-state index < -0.39 is 11.9 Å². The standard InChI is InChI=1S/C26H28N6O3.C22H26N4O2.C5H6N2O2/c1-4-32-23-8-7-20(16(2)25(23)28-29-32)21(12-24(33)34)18-6-5-17-9-10-31(13-19(17)11-18)26(35)22-14-30(3)15-27-22;1-4-26-20-8-7-18(14(2)22(20)24-25-26)19(12-21(27)28-3)16-6-5-15-9-10-23-13-17(15)11-16;1-7-2-4(5(8)9)6-3-7/h5-8,11,14-15,21H,4,9-10,12-13H2,1-3H3,(H,33,34);5-8,11,19,23H,4,9-10,12-13H2,1-3H3;2-3H,1H3,(H,8,9). The van der Waals surface area contributed by atoms with Crippen LogP contribution in [-0.4, -0.2) is 108 Å². The Bertz CT molecular complexity index is 3290. The number of amides is 1. The highest BCUT2D eigenvalue weighted by Gasteiger charge is 2.28. The summed E-state index contributed by atoms with van der Waals surface area (Å²) in [7, 11) is 5.00. The van der Waals surface area contributed by atoms with Crippen molar-refractivity contribution < 1.29 is 34.1 Å². The molecular weight excluding hydrogens is 917 g/mol. The van der Waals surface area contributed by atoms with E-state index in [1.807, 2.05) is 48.5 Å². The van der Waals surface area contributed by atoms with Crippen LogP contribution in [0.15, 0.2) is 85.7 Å². The van der Waals surface area contributed by atoms with Crippen molar-refractivity contribution in [1.29, 1.82) is 0 Å². The second-order valence-electron chi connectivity index (χ2n) is 18.2. The van der Waals surface area contributed by atoms with Gasteiger partial charge < -0.3 is 34.3 Å². The number of aryl methyl sites for hydroxylation is 6. The Balaban J connectivity index is 0.000000167. The fraction of sp³-hybridized carbons (Fsp3) is 0.358. The zero-order valence-corrected chi connectivity index (χ0v) is 41.7. The average molecular weight is 977 g/mol. The number of hydrogen-bond donors (Lipinski definition) is 3. The van der Waals surface area contributed by atoms with Crippen molar-refractivity contribution in [1.82, 2.24) is 59.3 Å². The molecule has 2 aliphatic rings. The second kappa shape index (κ2) is 21.9. The molecule has 0 bridgehead atoms. The lowest BCUT2D eigenvalue weighted by molar-refractivity contribution is -0.141. The van der Waals surface area contributed by atoms with Gasteiger partial charge in [-0.3, -0.25) is 14.4 Å². The minimum absolute atomic E-state index is 0.0381. The average Bonchev–Trinajstić information content (AvgIpc) is 4.22. The highest BCUT2D eigenvalue weighted by molar-refractivity contribution is 5.92. The molecule has 10 rings (SSSR count). The predicted molar refractivity (Wildman–Crippen MR) is 269 cm³/mol. The van der Waals surface area contributed by atoms with Crippen molar-refractivity contribution in [3.63, 3.8) is 0 Å². The summed E-state index contributed by atoms with van der Waals surface area (Å²) in [5, 5.41) is 38.7. The van der Waals surface area contributed by atoms with Crippen LogP contribution >= 0.6 is 0 Å². The number of hydrogen-bond acceptors (Lipinski definition) is 12. The first-order valence-corrected chi connectivity index (χ1v) is 24.0. The molecule has 6 heterocycles. The number of carbonyl (C=O) groups excluding carboxylic acids is 2. The van der Waals surface area contributed by atoms with Gasteiger partial charge in [0.1, 0.15) is 16.7 Å². The van der Waals surface area contributed by atoms with E-state index in [2.05, 4.69) is 92.2 Å². The Morgan fingerprint density at radius 1 is 0.694 bits per heavy atom. The number of esters is 1. The first-order valence-electron chi connectivity index (χ1n) is 24.0. The van der Waals surface area contributed by atoms with Crippen molar-refractivity contribution >= 4 is 45.9 Å². The minimum atomic E-state index is -0.990. The third kappa shape index (κ3) is 10.8. The van der Waals surface area contributed by atoms with Gasteiger partial charge in [-0.1, -0.05) is 59.0 Å². The number of carbonyl (C=O) groups is 4. The zero-order valence-electron chi connectivity index (χ0n) is 41.7. The van der Waals surface area contributed by atoms with Crippen LogP contribution in [0.1, 0.15) is 115 Å². The number of aromatic carboxylic acids is 1. The molecule has 4 aromatic carbocycles. The Hall–Kier alpha value is -8.06. The van der Waals surface area contributed by atoms with E-state index in [1.54, 1.807) is 33.6 Å². The summed E-state index contributed by atoms with van der Waals surface area (Å²) >= 11 is 0. The van der Waals surface area contributed by atoms with Crippen LogP contribution in [0.4, 0.5) is 0 Å². The fourth-order valence-corrected chi connectivity index (χ4v) is 9.72. The molecule has 0 saturated carbocycles. The van der Waals surface area contributed by atoms with Gasteiger partial charge in [-0.15, -0.1) is 10.2 Å². The lowest BCUT2D eigenvalue weighted by Crippen LogP contribution is -2.36. The minimum Gasteiger partial charge on any atom is -0.481 e. The Labute approximate surface area is 416 Å². The number of benzene rings is 4. The molecular formula is C53H60N12O7. The Morgan fingerprint density at radius 3 is 1.74 bits per heavy atom. The van der Waals surface area contributed by atoms with Crippen LogP contribution < -0.4 is 5.32 Å². The topological polar surface area (TPSA) is 230 Å². The largest absolute Gasteiger partial charge is 0.481 e. The van der Waals surface area contributed by atoms with Crippen LogP contribution in [0.3, 0.4) is 0 Å². The third-order valence-electron chi connectivity index (χ3n) is 13.6. The summed E-state index contributed by atoms with van der Waals surface area (Å²) in [6, 6.07) is 20.9. The number of ether oxygens (including phenoxy) is 1. The quantitative estimate of drug-likeness (QED) is 0.111. The van der Waals surface area contributed by atoms with E-state index in [0.717, 1.165) is 93.5 Å². The SMILES string of the molecule is CCn1nnc2c(C)c(C(CC(=O)O)c3ccc4c(c3)CN(C(=O)c3cn(C)cn3)CC4)ccc21.CCn1nnc2c(C)c(C(CC(=O)OC)c3ccc4c(c3)CNCC4)ccc21.Cn1cnc(C(=O)O)c1. The van der Waals surface area contributed by atoms with Crippen molar-refractivity contribution in [3.05, 3.63) is 153 Å². The highest BCUT2D eigenvalue weighted by atomic mass is 16.5. The fourth-order valence-electron chi connectivity index (χ4n) is 9.72. The number of rotatable bonds is 12. The van der Waals surface area contributed by atoms with Crippen LogP contribution in [0.25, 0.3) is 22.1 Å². The summed E-state index contributed by atoms with van der Waals surface area (Å²) in [6.45, 7) is 12.6. The van der Waals surface area contributed by atoms with Gasteiger partial charge in [0.2, 0.25) is 0 Å². The van der Waals surface area contributed by atoms with Gasteiger partial charge >= 0.3 is 17.9 Å². The predicted octanol–water partition coefficient (Wildman–Crippen LogP) is 6.52. The van der Waals surface area contributed by atoms with Gasteiger partial charge in [0.15, 0.2) is 5.69 Å². The first-order chi connectivity index (χ1) is 34.7. The molecule has 3 N–H and O–H groups in total. The number of nitrogens with zero attached hydrogens (tertiary/aromatic N) is 11. The molecule has 0 saturated heterocycles. The van der Waals surface area contributed by atoms with Crippen LogP contribution in [0, 0.1) is 13.8 Å². The summed E-state index contributed by atoms with van der Waals surface area (Å²) < 4.78 is 12.1. The van der Waals surface area contributed by atoms with Crippen LogP contribution in [0.5, 0.6) is 0 Å². The maximum atomic E-state index is 13.0. The number of imidazole rings is 2. The molecule has 72 heavy (non-hydrogen) atoms. The van der Waals surface area contributed by atoms with E-state index in [1.165, 1.54) is 36.3 Å². The molecule has 374 valence electrons. The Kier molecular flexibility index (Phi) is 15.3. The number of aromatic nitrogens is 10. The van der Waals surface area contributed by atoms with Crippen LogP contribution in [0.2, 0.25) is 0 Å². The summed E-state index contributed by atoms with van der Waals surface area (Å²) in [6.07, 6.45) is 8.31. The summed E-state index contributed by atoms with van der Waals surface area (Å²) in [5.41, 5.74) is 15.2. The van der Waals surface area contributed by atoms with Gasteiger partial charge in [-0.25, -0.2) is 24.1 Å². The van der Waals surface area contributed by atoms with Gasteiger partial charge in [-0.2, -0.15) is 0 Å². The molecule has 1 amide bonds. The normalized spacial score (nSPS) is 13.8. The molecule has 0 aliphatic carbocycles. The van der Waals surface area contributed by atoms with Crippen molar-refractivity contribution in [2.75, 3.05) is 20.2 Å². The lowest BCUT2D eigenvalue weighted by atomic mass is 9.83. The summed E-state index contributed by atoms with van der Waals surface area (Å²) in [4.78, 5) is 56.8. The molecule has 0 fully saturated rings. The van der Waals surface area contributed by atoms with Gasteiger partial charge in [0, 0.05) is 71.0 Å². The number of carboxylic acids is 2. The van der Waals surface area contributed by atoms with Crippen LogP contribution in [-0.2, 0) is 67.4 Å². The van der Waals surface area contributed by atoms with E-state index in [-0.39, 0.29) is 35.8 Å². The number of methoxy groups -OCH3 is 1. The highest BCUT2D eigenvalue weighted by Crippen LogP contribution is 2.37. The lowest BCUT2D eigenvalue weighted by Gasteiger charge is -2.29. The zero-order chi connectivity index (χ0) is 51.2. The van der Waals surface area contributed by atoms with E-state index in [9.17, 15) is 24.3 Å². The van der Waals surface area contributed by atoms with Gasteiger partial charge in [0.05, 0.1) is 43.6 Å². The molecule has 2 atom stereocenters. The van der Waals surface area contributed by atoms with Gasteiger partial charge in [0.25, 0.3) is 5.91 Å². The first kappa shape index (κ1) is 50.3. The van der Waals surface area contributed by atoms with Crippen molar-refractivity contribution in [2.45, 2.75) is 91.4 Å². The number of fused-ring (bicyclic) bond motifs is 4. The smallest absolute Gasteiger partial charge is 0.356 e. The summed E-state index contributed by atoms with van der Waals surface area (Å²) in [5.74, 6) is -2.57. The Morgan fingerprint density at radius 2 is 1.24 bits per heavy atom.